The Kier molecular flexibility index (Phi) is 4.53. The third-order valence-electron chi connectivity index (χ3n) is 3.51. The summed E-state index contributed by atoms with van der Waals surface area (Å²) in [6, 6.07) is 6.83. The Bertz CT molecular complexity index is 614. The van der Waals surface area contributed by atoms with E-state index in [9.17, 15) is 0 Å². The number of rotatable bonds is 4. The van der Waals surface area contributed by atoms with Gasteiger partial charge in [0, 0.05) is 17.1 Å². The second-order valence-corrected chi connectivity index (χ2v) is 6.38. The molecule has 0 aliphatic rings. The number of anilines is 1. The lowest BCUT2D eigenvalue weighted by molar-refractivity contribution is 0.516. The zero-order chi connectivity index (χ0) is 14.9. The van der Waals surface area contributed by atoms with Gasteiger partial charge in [-0.25, -0.2) is 0 Å². The van der Waals surface area contributed by atoms with Crippen LogP contribution in [0.2, 0.25) is 0 Å². The second kappa shape index (κ2) is 6.00. The summed E-state index contributed by atoms with van der Waals surface area (Å²) in [7, 11) is 0. The van der Waals surface area contributed by atoms with Crippen molar-refractivity contribution >= 4 is 21.6 Å². The van der Waals surface area contributed by atoms with E-state index in [1.165, 1.54) is 16.8 Å². The summed E-state index contributed by atoms with van der Waals surface area (Å²) in [4.78, 5) is 0. The molecule has 0 unspecified atom stereocenters. The topological polar surface area (TPSA) is 29.9 Å². The monoisotopic (exact) mass is 335 g/mol. The zero-order valence-corrected chi connectivity index (χ0v) is 14.4. The summed E-state index contributed by atoms with van der Waals surface area (Å²) < 4.78 is 3.23. The number of benzene rings is 1. The van der Waals surface area contributed by atoms with Gasteiger partial charge in [0.25, 0.3) is 0 Å². The maximum Gasteiger partial charge on any atom is 0.0828 e. The Morgan fingerprint density at radius 2 is 1.95 bits per heavy atom. The van der Waals surface area contributed by atoms with E-state index < -0.39 is 0 Å². The molecule has 0 radical (unpaired) electrons. The fourth-order valence-corrected chi connectivity index (χ4v) is 2.68. The first kappa shape index (κ1) is 15.1. The average molecular weight is 336 g/mol. The van der Waals surface area contributed by atoms with Gasteiger partial charge < -0.3 is 5.32 Å². The molecule has 108 valence electrons. The Balaban J connectivity index is 2.16. The predicted molar refractivity (Wildman–Crippen MR) is 88.3 cm³/mol. The lowest BCUT2D eigenvalue weighted by Gasteiger charge is -2.10. The Hall–Kier alpha value is -1.29. The third kappa shape index (κ3) is 3.06. The van der Waals surface area contributed by atoms with Gasteiger partial charge in [-0.05, 0) is 51.8 Å². The summed E-state index contributed by atoms with van der Waals surface area (Å²) in [6.45, 7) is 11.4. The first-order valence-corrected chi connectivity index (χ1v) is 7.74. The van der Waals surface area contributed by atoms with Gasteiger partial charge in [0.05, 0.1) is 17.1 Å². The maximum atomic E-state index is 4.60. The maximum absolute atomic E-state index is 4.60. The highest BCUT2D eigenvalue weighted by molar-refractivity contribution is 9.10. The fraction of sp³-hybridized carbons (Fsp3) is 0.438. The SMILES string of the molecule is Cc1cc(CNc2c(C)nn(C(C)C)c2C)ccc1Br. The van der Waals surface area contributed by atoms with E-state index in [0.29, 0.717) is 6.04 Å². The number of hydrogen-bond donors (Lipinski definition) is 1. The molecule has 0 aliphatic heterocycles. The summed E-state index contributed by atoms with van der Waals surface area (Å²) >= 11 is 3.53. The van der Waals surface area contributed by atoms with Crippen LogP contribution in [0.25, 0.3) is 0 Å². The summed E-state index contributed by atoms with van der Waals surface area (Å²) in [5.41, 5.74) is 5.95. The van der Waals surface area contributed by atoms with Crippen molar-refractivity contribution in [1.29, 1.82) is 0 Å². The van der Waals surface area contributed by atoms with Gasteiger partial charge in [-0.15, -0.1) is 0 Å². The molecule has 0 saturated heterocycles. The van der Waals surface area contributed by atoms with Crippen LogP contribution >= 0.6 is 15.9 Å². The average Bonchev–Trinajstić information content (AvgIpc) is 2.67. The predicted octanol–water partition coefficient (Wildman–Crippen LogP) is 4.76. The van der Waals surface area contributed by atoms with Crippen LogP contribution in [0.5, 0.6) is 0 Å². The molecule has 1 aromatic carbocycles. The van der Waals surface area contributed by atoms with Gasteiger partial charge in [-0.1, -0.05) is 28.1 Å². The van der Waals surface area contributed by atoms with Crippen LogP contribution in [0.1, 0.15) is 42.4 Å². The van der Waals surface area contributed by atoms with E-state index in [1.54, 1.807) is 0 Å². The largest absolute Gasteiger partial charge is 0.378 e. The molecule has 1 heterocycles. The third-order valence-corrected chi connectivity index (χ3v) is 4.40. The molecule has 0 spiro atoms. The van der Waals surface area contributed by atoms with Gasteiger partial charge in [0.1, 0.15) is 0 Å². The fourth-order valence-electron chi connectivity index (χ4n) is 2.43. The van der Waals surface area contributed by atoms with Crippen molar-refractivity contribution in [2.45, 2.75) is 47.2 Å². The van der Waals surface area contributed by atoms with Crippen molar-refractivity contribution in [3.63, 3.8) is 0 Å². The number of nitrogens with zero attached hydrogens (tertiary/aromatic N) is 2. The first-order chi connectivity index (χ1) is 9.40. The molecule has 1 aromatic heterocycles. The lowest BCUT2D eigenvalue weighted by Crippen LogP contribution is -2.06. The summed E-state index contributed by atoms with van der Waals surface area (Å²) in [5.74, 6) is 0. The van der Waals surface area contributed by atoms with Crippen LogP contribution in [0.4, 0.5) is 5.69 Å². The first-order valence-electron chi connectivity index (χ1n) is 6.94. The molecule has 0 fully saturated rings. The van der Waals surface area contributed by atoms with Crippen molar-refractivity contribution in [1.82, 2.24) is 9.78 Å². The van der Waals surface area contributed by atoms with Crippen LogP contribution < -0.4 is 5.32 Å². The molecule has 2 rings (SSSR count). The van der Waals surface area contributed by atoms with Gasteiger partial charge in [0.2, 0.25) is 0 Å². The molecule has 4 heteroatoms. The van der Waals surface area contributed by atoms with Crippen LogP contribution in [0, 0.1) is 20.8 Å². The van der Waals surface area contributed by atoms with Crippen molar-refractivity contribution in [3.8, 4) is 0 Å². The van der Waals surface area contributed by atoms with E-state index in [1.807, 2.05) is 0 Å². The smallest absolute Gasteiger partial charge is 0.0828 e. The van der Waals surface area contributed by atoms with Crippen molar-refractivity contribution in [2.75, 3.05) is 5.32 Å². The Labute approximate surface area is 129 Å². The molecule has 0 aliphatic carbocycles. The standard InChI is InChI=1S/C16H22BrN3/c1-10(2)20-13(5)16(12(4)19-20)18-9-14-6-7-15(17)11(3)8-14/h6-8,10,18H,9H2,1-5H3. The van der Waals surface area contributed by atoms with Gasteiger partial charge in [0.15, 0.2) is 0 Å². The van der Waals surface area contributed by atoms with Crippen LogP contribution in [0.15, 0.2) is 22.7 Å². The van der Waals surface area contributed by atoms with Crippen LogP contribution in [0.3, 0.4) is 0 Å². The molecule has 2 aromatic rings. The Morgan fingerprint density at radius 3 is 2.50 bits per heavy atom. The van der Waals surface area contributed by atoms with Gasteiger partial charge in [-0.3, -0.25) is 4.68 Å². The number of nitrogens with one attached hydrogen (secondary N) is 1. The minimum absolute atomic E-state index is 0.388. The minimum atomic E-state index is 0.388. The second-order valence-electron chi connectivity index (χ2n) is 5.52. The summed E-state index contributed by atoms with van der Waals surface area (Å²) in [6.07, 6.45) is 0. The molecule has 3 nitrogen and oxygen atoms in total. The number of aromatic nitrogens is 2. The van der Waals surface area contributed by atoms with Crippen LogP contribution in [-0.2, 0) is 6.54 Å². The molecule has 20 heavy (non-hydrogen) atoms. The molecule has 0 amide bonds. The molecule has 0 atom stereocenters. The van der Waals surface area contributed by atoms with E-state index >= 15 is 0 Å². The van der Waals surface area contributed by atoms with Crippen molar-refractivity contribution in [3.05, 3.63) is 45.2 Å². The molecule has 0 bridgehead atoms. The lowest BCUT2D eigenvalue weighted by atomic mass is 10.1. The number of hydrogen-bond acceptors (Lipinski definition) is 2. The van der Waals surface area contributed by atoms with Crippen molar-refractivity contribution < 1.29 is 0 Å². The highest BCUT2D eigenvalue weighted by Crippen LogP contribution is 2.24. The molecule has 0 saturated carbocycles. The highest BCUT2D eigenvalue weighted by Gasteiger charge is 2.12. The van der Waals surface area contributed by atoms with Crippen molar-refractivity contribution in [2.24, 2.45) is 0 Å². The Morgan fingerprint density at radius 1 is 1.25 bits per heavy atom. The zero-order valence-electron chi connectivity index (χ0n) is 12.8. The van der Waals surface area contributed by atoms with Crippen LogP contribution in [-0.4, -0.2) is 9.78 Å². The quantitative estimate of drug-likeness (QED) is 0.872. The number of halogens is 1. The van der Waals surface area contributed by atoms with Gasteiger partial charge >= 0.3 is 0 Å². The molecule has 1 N–H and O–H groups in total. The molecular formula is C16H22BrN3. The minimum Gasteiger partial charge on any atom is -0.378 e. The number of aryl methyl sites for hydroxylation is 2. The summed E-state index contributed by atoms with van der Waals surface area (Å²) in [5, 5.41) is 8.12. The van der Waals surface area contributed by atoms with E-state index in [4.69, 9.17) is 0 Å². The van der Waals surface area contributed by atoms with Gasteiger partial charge in [-0.2, -0.15) is 5.10 Å². The van der Waals surface area contributed by atoms with E-state index in [2.05, 4.69) is 83.8 Å². The van der Waals surface area contributed by atoms with E-state index in [0.717, 1.165) is 22.4 Å². The highest BCUT2D eigenvalue weighted by atomic mass is 79.9. The molecular weight excluding hydrogens is 314 g/mol. The van der Waals surface area contributed by atoms with E-state index in [-0.39, 0.29) is 0 Å². The normalized spacial score (nSPS) is 11.2.